The molecule has 6 heteroatoms. The van der Waals surface area contributed by atoms with E-state index in [2.05, 4.69) is 10.6 Å². The summed E-state index contributed by atoms with van der Waals surface area (Å²) < 4.78 is 23.5. The zero-order valence-corrected chi connectivity index (χ0v) is 13.3. The van der Waals surface area contributed by atoms with Gasteiger partial charge in [0.25, 0.3) is 0 Å². The van der Waals surface area contributed by atoms with Crippen molar-refractivity contribution in [3.63, 3.8) is 0 Å². The van der Waals surface area contributed by atoms with Gasteiger partial charge in [-0.15, -0.1) is 0 Å². The molecule has 1 aromatic carbocycles. The van der Waals surface area contributed by atoms with E-state index in [0.29, 0.717) is 12.2 Å². The molecule has 0 saturated carbocycles. The standard InChI is InChI=1S/C15H22N2O3S/c1-3-21(19,20)13-7-5-12(6-8-13)17-14(18)15(2)9-4-10-16-11-15/h5-8,16H,3-4,9-11H2,1-2H3,(H,17,18). The lowest BCUT2D eigenvalue weighted by atomic mass is 9.82. The Morgan fingerprint density at radius 3 is 2.52 bits per heavy atom. The van der Waals surface area contributed by atoms with E-state index >= 15 is 0 Å². The predicted octanol–water partition coefficient (Wildman–Crippen LogP) is 1.81. The zero-order valence-electron chi connectivity index (χ0n) is 12.5. The molecule has 1 unspecified atom stereocenters. The number of nitrogens with one attached hydrogen (secondary N) is 2. The second-order valence-corrected chi connectivity index (χ2v) is 8.00. The van der Waals surface area contributed by atoms with Crippen LogP contribution in [0.3, 0.4) is 0 Å². The SMILES string of the molecule is CCS(=O)(=O)c1ccc(NC(=O)C2(C)CCCNC2)cc1. The lowest BCUT2D eigenvalue weighted by molar-refractivity contribution is -0.125. The Hall–Kier alpha value is -1.40. The number of piperidine rings is 1. The van der Waals surface area contributed by atoms with Crippen molar-refractivity contribution in [2.45, 2.75) is 31.6 Å². The highest BCUT2D eigenvalue weighted by molar-refractivity contribution is 7.91. The molecule has 1 atom stereocenters. The van der Waals surface area contributed by atoms with Crippen LogP contribution in [0.5, 0.6) is 0 Å². The first kappa shape index (κ1) is 16.0. The molecule has 1 amide bonds. The summed E-state index contributed by atoms with van der Waals surface area (Å²) in [4.78, 5) is 12.6. The van der Waals surface area contributed by atoms with Gasteiger partial charge in [0.1, 0.15) is 0 Å². The second kappa shape index (κ2) is 6.15. The molecule has 0 bridgehead atoms. The maximum atomic E-state index is 12.4. The van der Waals surface area contributed by atoms with E-state index in [1.807, 2.05) is 6.92 Å². The van der Waals surface area contributed by atoms with Crippen LogP contribution in [-0.2, 0) is 14.6 Å². The minimum atomic E-state index is -3.20. The molecule has 1 aromatic rings. The molecule has 116 valence electrons. The number of amides is 1. The Morgan fingerprint density at radius 2 is 2.00 bits per heavy atom. The monoisotopic (exact) mass is 310 g/mol. The van der Waals surface area contributed by atoms with E-state index in [0.717, 1.165) is 19.4 Å². The maximum absolute atomic E-state index is 12.4. The molecule has 1 fully saturated rings. The first-order chi connectivity index (χ1) is 9.87. The van der Waals surface area contributed by atoms with Crippen LogP contribution in [0.25, 0.3) is 0 Å². The fourth-order valence-corrected chi connectivity index (χ4v) is 3.33. The van der Waals surface area contributed by atoms with E-state index in [4.69, 9.17) is 0 Å². The number of rotatable bonds is 4. The van der Waals surface area contributed by atoms with Crippen LogP contribution >= 0.6 is 0 Å². The highest BCUT2D eigenvalue weighted by Crippen LogP contribution is 2.27. The van der Waals surface area contributed by atoms with Crippen LogP contribution < -0.4 is 10.6 Å². The molecule has 2 rings (SSSR count). The van der Waals surface area contributed by atoms with Gasteiger partial charge in [0.15, 0.2) is 9.84 Å². The van der Waals surface area contributed by atoms with E-state index < -0.39 is 15.3 Å². The minimum Gasteiger partial charge on any atom is -0.326 e. The Labute approximate surface area is 126 Å². The highest BCUT2D eigenvalue weighted by atomic mass is 32.2. The van der Waals surface area contributed by atoms with Gasteiger partial charge in [-0.2, -0.15) is 0 Å². The number of anilines is 1. The van der Waals surface area contributed by atoms with E-state index in [1.54, 1.807) is 19.1 Å². The molecule has 1 aliphatic rings. The van der Waals surface area contributed by atoms with Crippen molar-refractivity contribution >= 4 is 21.4 Å². The normalized spacial score (nSPS) is 22.8. The van der Waals surface area contributed by atoms with Gasteiger partial charge in [0.05, 0.1) is 16.1 Å². The van der Waals surface area contributed by atoms with Gasteiger partial charge in [0, 0.05) is 12.2 Å². The fraction of sp³-hybridized carbons (Fsp3) is 0.533. The van der Waals surface area contributed by atoms with Gasteiger partial charge in [-0.25, -0.2) is 8.42 Å². The van der Waals surface area contributed by atoms with Crippen molar-refractivity contribution in [3.05, 3.63) is 24.3 Å². The third-order valence-electron chi connectivity index (χ3n) is 4.00. The maximum Gasteiger partial charge on any atom is 0.231 e. The van der Waals surface area contributed by atoms with Crippen molar-refractivity contribution in [3.8, 4) is 0 Å². The first-order valence-electron chi connectivity index (χ1n) is 7.22. The third-order valence-corrected chi connectivity index (χ3v) is 5.75. The van der Waals surface area contributed by atoms with Crippen LogP contribution in [0.4, 0.5) is 5.69 Å². The first-order valence-corrected chi connectivity index (χ1v) is 8.88. The molecule has 0 aliphatic carbocycles. The van der Waals surface area contributed by atoms with Crippen LogP contribution in [0.15, 0.2) is 29.2 Å². The quantitative estimate of drug-likeness (QED) is 0.889. The molecule has 5 nitrogen and oxygen atoms in total. The number of carbonyl (C=O) groups excluding carboxylic acids is 1. The lowest BCUT2D eigenvalue weighted by Crippen LogP contribution is -2.46. The summed E-state index contributed by atoms with van der Waals surface area (Å²) in [5, 5.41) is 6.11. The topological polar surface area (TPSA) is 75.3 Å². The van der Waals surface area contributed by atoms with Crippen LogP contribution in [-0.4, -0.2) is 33.2 Å². The molecular formula is C15H22N2O3S. The fourth-order valence-electron chi connectivity index (χ4n) is 2.44. The van der Waals surface area contributed by atoms with Crippen molar-refractivity contribution < 1.29 is 13.2 Å². The molecule has 2 N–H and O–H groups in total. The molecule has 0 spiro atoms. The lowest BCUT2D eigenvalue weighted by Gasteiger charge is -2.32. The average molecular weight is 310 g/mol. The van der Waals surface area contributed by atoms with E-state index in [-0.39, 0.29) is 16.6 Å². The summed E-state index contributed by atoms with van der Waals surface area (Å²) in [7, 11) is -3.20. The molecule has 21 heavy (non-hydrogen) atoms. The minimum absolute atomic E-state index is 0.0270. The smallest absolute Gasteiger partial charge is 0.231 e. The summed E-state index contributed by atoms with van der Waals surface area (Å²) in [6.45, 7) is 5.18. The molecule has 0 aromatic heterocycles. The predicted molar refractivity (Wildman–Crippen MR) is 83.0 cm³/mol. The zero-order chi connectivity index (χ0) is 15.5. The number of sulfone groups is 1. The van der Waals surface area contributed by atoms with Crippen LogP contribution in [0, 0.1) is 5.41 Å². The summed E-state index contributed by atoms with van der Waals surface area (Å²) in [6.07, 6.45) is 1.84. The Kier molecular flexibility index (Phi) is 4.68. The summed E-state index contributed by atoms with van der Waals surface area (Å²) in [5.74, 6) is 0.0448. The number of benzene rings is 1. The van der Waals surface area contributed by atoms with E-state index in [9.17, 15) is 13.2 Å². The molecule has 1 saturated heterocycles. The molecule has 1 heterocycles. The van der Waals surface area contributed by atoms with Crippen LogP contribution in [0.1, 0.15) is 26.7 Å². The number of hydrogen-bond acceptors (Lipinski definition) is 4. The van der Waals surface area contributed by atoms with E-state index in [1.165, 1.54) is 12.1 Å². The van der Waals surface area contributed by atoms with Gasteiger partial charge < -0.3 is 10.6 Å². The van der Waals surface area contributed by atoms with Crippen molar-refractivity contribution in [1.82, 2.24) is 5.32 Å². The third kappa shape index (κ3) is 3.63. The van der Waals surface area contributed by atoms with Crippen LogP contribution in [0.2, 0.25) is 0 Å². The second-order valence-electron chi connectivity index (χ2n) is 5.72. The Balaban J connectivity index is 2.08. The number of carbonyl (C=O) groups is 1. The summed E-state index contributed by atoms with van der Waals surface area (Å²) in [6, 6.07) is 6.35. The summed E-state index contributed by atoms with van der Waals surface area (Å²) in [5.41, 5.74) is 0.216. The van der Waals surface area contributed by atoms with Gasteiger partial charge in [0.2, 0.25) is 5.91 Å². The molecular weight excluding hydrogens is 288 g/mol. The van der Waals surface area contributed by atoms with Gasteiger partial charge in [-0.05, 0) is 50.6 Å². The summed E-state index contributed by atoms with van der Waals surface area (Å²) >= 11 is 0. The van der Waals surface area contributed by atoms with Crippen molar-refractivity contribution in [2.75, 3.05) is 24.2 Å². The molecule has 0 radical (unpaired) electrons. The number of hydrogen-bond donors (Lipinski definition) is 2. The Morgan fingerprint density at radius 1 is 1.33 bits per heavy atom. The Bertz CT molecular complexity index is 602. The molecule has 1 aliphatic heterocycles. The van der Waals surface area contributed by atoms with Gasteiger partial charge >= 0.3 is 0 Å². The van der Waals surface area contributed by atoms with Crippen molar-refractivity contribution in [2.24, 2.45) is 5.41 Å². The average Bonchev–Trinajstić information content (AvgIpc) is 2.48. The van der Waals surface area contributed by atoms with Crippen molar-refractivity contribution in [1.29, 1.82) is 0 Å². The largest absolute Gasteiger partial charge is 0.326 e. The van der Waals surface area contributed by atoms with Gasteiger partial charge in [-0.3, -0.25) is 4.79 Å². The highest BCUT2D eigenvalue weighted by Gasteiger charge is 2.34. The van der Waals surface area contributed by atoms with Gasteiger partial charge in [-0.1, -0.05) is 6.92 Å².